The van der Waals surface area contributed by atoms with Crippen molar-refractivity contribution in [2.75, 3.05) is 11.9 Å². The molecule has 8 nitrogen and oxygen atoms in total. The van der Waals surface area contributed by atoms with Gasteiger partial charge >= 0.3 is 5.97 Å². The zero-order chi connectivity index (χ0) is 19.7. The molecule has 0 bridgehead atoms. The number of halogens is 1. The first kappa shape index (κ1) is 19.2. The Kier molecular flexibility index (Phi) is 5.36. The molecule has 144 valence electrons. The number of rotatable bonds is 6. The van der Waals surface area contributed by atoms with Gasteiger partial charge in [0.15, 0.2) is 5.15 Å². The third kappa shape index (κ3) is 3.90. The van der Waals surface area contributed by atoms with Crippen LogP contribution in [0.5, 0.6) is 0 Å². The number of nitrogens with one attached hydrogen (secondary N) is 1. The number of fused-ring (bicyclic) bond motifs is 1. The monoisotopic (exact) mass is 390 g/mol. The van der Waals surface area contributed by atoms with Gasteiger partial charge in [-0.25, -0.2) is 9.67 Å². The van der Waals surface area contributed by atoms with Crippen LogP contribution in [-0.4, -0.2) is 42.8 Å². The van der Waals surface area contributed by atoms with Crippen LogP contribution in [0.15, 0.2) is 18.5 Å². The highest BCUT2D eigenvalue weighted by Crippen LogP contribution is 2.31. The number of imidazole rings is 1. The summed E-state index contributed by atoms with van der Waals surface area (Å²) in [5.74, 6) is 1.08. The van der Waals surface area contributed by atoms with E-state index in [2.05, 4.69) is 34.2 Å². The van der Waals surface area contributed by atoms with Crippen molar-refractivity contribution in [1.29, 1.82) is 0 Å². The minimum absolute atomic E-state index is 0.157. The number of esters is 1. The van der Waals surface area contributed by atoms with E-state index in [-0.39, 0.29) is 24.5 Å². The molecule has 9 heteroatoms. The molecule has 3 heterocycles. The van der Waals surface area contributed by atoms with Gasteiger partial charge in [0.1, 0.15) is 18.1 Å². The van der Waals surface area contributed by atoms with Crippen LogP contribution in [0.25, 0.3) is 11.5 Å². The summed E-state index contributed by atoms with van der Waals surface area (Å²) in [7, 11) is 0. The highest BCUT2D eigenvalue weighted by molar-refractivity contribution is 6.31. The smallest absolute Gasteiger partial charge is 0.302 e. The first-order valence-corrected chi connectivity index (χ1v) is 9.15. The molecule has 0 fully saturated rings. The molecule has 0 aliphatic carbocycles. The van der Waals surface area contributed by atoms with Crippen molar-refractivity contribution in [2.24, 2.45) is 0 Å². The van der Waals surface area contributed by atoms with Crippen molar-refractivity contribution in [2.45, 2.75) is 46.6 Å². The molecule has 0 spiro atoms. The molecule has 3 aromatic rings. The Balaban J connectivity index is 2.15. The predicted molar refractivity (Wildman–Crippen MR) is 104 cm³/mol. The number of carbonyl (C=O) groups excluding carboxylic acids is 1. The van der Waals surface area contributed by atoms with Crippen LogP contribution in [0.3, 0.4) is 0 Å². The number of carbonyl (C=O) groups is 1. The quantitative estimate of drug-likeness (QED) is 0.513. The molecule has 0 saturated carbocycles. The maximum absolute atomic E-state index is 11.1. The minimum Gasteiger partial charge on any atom is -0.464 e. The zero-order valence-corrected chi connectivity index (χ0v) is 16.8. The van der Waals surface area contributed by atoms with E-state index in [1.165, 1.54) is 6.92 Å². The van der Waals surface area contributed by atoms with Crippen molar-refractivity contribution in [1.82, 2.24) is 24.1 Å². The third-order valence-electron chi connectivity index (χ3n) is 4.06. The molecule has 27 heavy (non-hydrogen) atoms. The second-order valence-electron chi connectivity index (χ2n) is 6.82. The van der Waals surface area contributed by atoms with Crippen molar-refractivity contribution in [3.05, 3.63) is 35.0 Å². The molecule has 0 aliphatic rings. The molecule has 0 aromatic carbocycles. The van der Waals surface area contributed by atoms with E-state index < -0.39 is 0 Å². The van der Waals surface area contributed by atoms with Gasteiger partial charge in [0.05, 0.1) is 11.7 Å². The zero-order valence-electron chi connectivity index (χ0n) is 16.0. The maximum Gasteiger partial charge on any atom is 0.302 e. The molecule has 0 radical (unpaired) electrons. The number of nitrogens with zero attached hydrogens (tertiary/aromatic N) is 5. The van der Waals surface area contributed by atoms with E-state index in [4.69, 9.17) is 16.3 Å². The Morgan fingerprint density at radius 2 is 2.11 bits per heavy atom. The highest BCUT2D eigenvalue weighted by Gasteiger charge is 2.22. The normalized spacial score (nSPS) is 12.6. The van der Waals surface area contributed by atoms with E-state index in [1.54, 1.807) is 12.4 Å². The summed E-state index contributed by atoms with van der Waals surface area (Å²) in [6, 6.07) is 1.88. The number of ether oxygens (including phenoxy) is 1. The van der Waals surface area contributed by atoms with Gasteiger partial charge < -0.3 is 10.1 Å². The van der Waals surface area contributed by atoms with Crippen LogP contribution in [0, 0.1) is 6.92 Å². The summed E-state index contributed by atoms with van der Waals surface area (Å²) < 4.78 is 8.74. The number of aromatic nitrogens is 5. The second kappa shape index (κ2) is 7.56. The van der Waals surface area contributed by atoms with Gasteiger partial charge in [0, 0.05) is 25.0 Å². The minimum atomic E-state index is -0.325. The summed E-state index contributed by atoms with van der Waals surface area (Å²) in [6.07, 6.45) is 3.45. The van der Waals surface area contributed by atoms with Crippen molar-refractivity contribution >= 4 is 29.2 Å². The van der Waals surface area contributed by atoms with Crippen molar-refractivity contribution in [3.63, 3.8) is 0 Å². The second-order valence-corrected chi connectivity index (χ2v) is 7.18. The van der Waals surface area contributed by atoms with E-state index in [0.717, 1.165) is 11.4 Å². The van der Waals surface area contributed by atoms with Gasteiger partial charge in [-0.1, -0.05) is 25.4 Å². The van der Waals surface area contributed by atoms with Crippen LogP contribution in [0.2, 0.25) is 5.15 Å². The first-order valence-electron chi connectivity index (χ1n) is 8.77. The summed E-state index contributed by atoms with van der Waals surface area (Å²) in [4.78, 5) is 19.8. The molecule has 0 amide bonds. The summed E-state index contributed by atoms with van der Waals surface area (Å²) in [5, 5.41) is 8.29. The summed E-state index contributed by atoms with van der Waals surface area (Å²) in [6.45, 7) is 9.66. The van der Waals surface area contributed by atoms with E-state index >= 15 is 0 Å². The molecule has 3 aromatic heterocycles. The predicted octanol–water partition coefficient (Wildman–Crippen LogP) is 3.36. The van der Waals surface area contributed by atoms with E-state index in [0.29, 0.717) is 22.4 Å². The topological polar surface area (TPSA) is 86.3 Å². The van der Waals surface area contributed by atoms with Gasteiger partial charge in [0.2, 0.25) is 5.78 Å². The fourth-order valence-corrected chi connectivity index (χ4v) is 3.10. The maximum atomic E-state index is 11.1. The average molecular weight is 391 g/mol. The molecular formula is C18H23ClN6O2. The molecular weight excluding hydrogens is 368 g/mol. The fourth-order valence-electron chi connectivity index (χ4n) is 2.86. The van der Waals surface area contributed by atoms with Crippen LogP contribution < -0.4 is 5.32 Å². The molecule has 3 rings (SSSR count). The van der Waals surface area contributed by atoms with Crippen LogP contribution >= 0.6 is 11.6 Å². The number of hydrogen-bond donors (Lipinski definition) is 1. The lowest BCUT2D eigenvalue weighted by Gasteiger charge is -2.21. The molecule has 0 aliphatic heterocycles. The molecule has 1 unspecified atom stereocenters. The lowest BCUT2D eigenvalue weighted by atomic mass is 10.1. The average Bonchev–Trinajstić information content (AvgIpc) is 3.19. The van der Waals surface area contributed by atoms with Gasteiger partial charge in [-0.3, -0.25) is 9.20 Å². The lowest BCUT2D eigenvalue weighted by Crippen LogP contribution is -2.26. The number of aryl methyl sites for hydroxylation is 1. The number of hydrogen-bond acceptors (Lipinski definition) is 6. The van der Waals surface area contributed by atoms with Gasteiger partial charge in [-0.2, -0.15) is 10.1 Å². The third-order valence-corrected chi connectivity index (χ3v) is 4.33. The Bertz CT molecular complexity index is 978. The number of anilines is 1. The van der Waals surface area contributed by atoms with Crippen LogP contribution in [0.4, 0.5) is 5.82 Å². The largest absolute Gasteiger partial charge is 0.464 e. The van der Waals surface area contributed by atoms with Crippen LogP contribution in [-0.2, 0) is 9.53 Å². The first-order chi connectivity index (χ1) is 12.8. The van der Waals surface area contributed by atoms with E-state index in [1.807, 2.05) is 29.0 Å². The van der Waals surface area contributed by atoms with Gasteiger partial charge in [0.25, 0.3) is 0 Å². The SMILES string of the molecule is CC(=O)OCC(C)Nc1c(-n2nc(C)cc2C(C)C)c(Cl)nc2nccn12. The van der Waals surface area contributed by atoms with E-state index in [9.17, 15) is 4.79 Å². The summed E-state index contributed by atoms with van der Waals surface area (Å²) >= 11 is 6.55. The standard InChI is InChI=1S/C18H23ClN6O2/c1-10(2)14-8-11(3)23-25(14)15-16(19)22-18-20-6-7-24(18)17(15)21-12(4)9-27-13(5)26/h6-8,10,12,21H,9H2,1-5H3. The lowest BCUT2D eigenvalue weighted by molar-refractivity contribution is -0.141. The Morgan fingerprint density at radius 3 is 2.78 bits per heavy atom. The molecule has 1 N–H and O–H groups in total. The summed E-state index contributed by atoms with van der Waals surface area (Å²) in [5.41, 5.74) is 2.54. The Morgan fingerprint density at radius 1 is 1.37 bits per heavy atom. The molecule has 1 atom stereocenters. The highest BCUT2D eigenvalue weighted by atomic mass is 35.5. The van der Waals surface area contributed by atoms with Crippen LogP contribution in [0.1, 0.15) is 45.0 Å². The van der Waals surface area contributed by atoms with Gasteiger partial charge in [-0.15, -0.1) is 0 Å². The Labute approximate surface area is 162 Å². The molecule has 0 saturated heterocycles. The fraction of sp³-hybridized carbons (Fsp3) is 0.444. The van der Waals surface area contributed by atoms with Gasteiger partial charge in [-0.05, 0) is 25.8 Å². The Hall–Kier alpha value is -2.61. The van der Waals surface area contributed by atoms with Crippen molar-refractivity contribution in [3.8, 4) is 5.69 Å². The van der Waals surface area contributed by atoms with Crippen molar-refractivity contribution < 1.29 is 9.53 Å².